The van der Waals surface area contributed by atoms with Gasteiger partial charge < -0.3 is 10.5 Å². The maximum Gasteiger partial charge on any atom is 0.124 e. The van der Waals surface area contributed by atoms with E-state index < -0.39 is 0 Å². The molecule has 3 rings (SSSR count). The fraction of sp³-hybridized carbons (Fsp3) is 0.538. The summed E-state index contributed by atoms with van der Waals surface area (Å²) in [6, 6.07) is 9.22. The van der Waals surface area contributed by atoms with Crippen molar-refractivity contribution in [1.82, 2.24) is 4.90 Å². The van der Waals surface area contributed by atoms with Gasteiger partial charge in [0, 0.05) is 24.7 Å². The van der Waals surface area contributed by atoms with E-state index in [4.69, 9.17) is 10.5 Å². The summed E-state index contributed by atoms with van der Waals surface area (Å²) in [5.41, 5.74) is 7.28. The van der Waals surface area contributed by atoms with E-state index in [2.05, 4.69) is 23.1 Å². The number of benzene rings is 1. The van der Waals surface area contributed by atoms with E-state index in [-0.39, 0.29) is 0 Å². The van der Waals surface area contributed by atoms with Crippen molar-refractivity contribution in [2.24, 2.45) is 5.73 Å². The number of rotatable bonds is 1. The Kier molecular flexibility index (Phi) is 2.58. The Labute approximate surface area is 96.2 Å². The van der Waals surface area contributed by atoms with Crippen molar-refractivity contribution in [2.45, 2.75) is 24.9 Å². The number of ether oxygens (including phenoxy) is 1. The minimum absolute atomic E-state index is 0.397. The Morgan fingerprint density at radius 2 is 1.94 bits per heavy atom. The zero-order valence-electron chi connectivity index (χ0n) is 9.43. The van der Waals surface area contributed by atoms with Crippen molar-refractivity contribution in [3.63, 3.8) is 0 Å². The molecular formula is C13H18N2O. The van der Waals surface area contributed by atoms with E-state index in [1.165, 1.54) is 5.56 Å². The third kappa shape index (κ3) is 1.70. The zero-order chi connectivity index (χ0) is 11.0. The molecule has 1 saturated heterocycles. The number of fused-ring (bicyclic) bond motifs is 1. The maximum atomic E-state index is 5.93. The van der Waals surface area contributed by atoms with Crippen LogP contribution < -0.4 is 10.5 Å². The first kappa shape index (κ1) is 10.1. The van der Waals surface area contributed by atoms with Crippen molar-refractivity contribution < 1.29 is 4.74 Å². The van der Waals surface area contributed by atoms with E-state index in [1.54, 1.807) is 0 Å². The van der Waals surface area contributed by atoms with E-state index in [0.717, 1.165) is 38.3 Å². The molecule has 1 unspecified atom stereocenters. The van der Waals surface area contributed by atoms with Gasteiger partial charge in [0.15, 0.2) is 0 Å². The quantitative estimate of drug-likeness (QED) is 0.777. The molecule has 2 heterocycles. The molecule has 2 N–H and O–H groups in total. The lowest BCUT2D eigenvalue weighted by Crippen LogP contribution is -2.42. The lowest BCUT2D eigenvalue weighted by atomic mass is 10.0. The van der Waals surface area contributed by atoms with Gasteiger partial charge in [-0.1, -0.05) is 18.2 Å². The van der Waals surface area contributed by atoms with Gasteiger partial charge in [0.25, 0.3) is 0 Å². The molecule has 1 atom stereocenters. The van der Waals surface area contributed by atoms with Crippen molar-refractivity contribution in [3.8, 4) is 5.75 Å². The molecule has 0 saturated carbocycles. The Hall–Kier alpha value is -1.06. The molecule has 0 amide bonds. The lowest BCUT2D eigenvalue weighted by molar-refractivity contribution is 0.130. The third-order valence-corrected chi connectivity index (χ3v) is 3.69. The van der Waals surface area contributed by atoms with Crippen molar-refractivity contribution in [3.05, 3.63) is 29.8 Å². The number of para-hydroxylation sites is 1. The van der Waals surface area contributed by atoms with Gasteiger partial charge in [0.05, 0.1) is 6.04 Å². The van der Waals surface area contributed by atoms with Crippen LogP contribution in [0.5, 0.6) is 5.75 Å². The van der Waals surface area contributed by atoms with Crippen LogP contribution in [0.3, 0.4) is 0 Å². The highest BCUT2D eigenvalue weighted by molar-refractivity contribution is 5.39. The molecule has 2 aliphatic heterocycles. The summed E-state index contributed by atoms with van der Waals surface area (Å²) >= 11 is 0. The Morgan fingerprint density at radius 1 is 1.19 bits per heavy atom. The molecule has 3 heteroatoms. The van der Waals surface area contributed by atoms with Gasteiger partial charge >= 0.3 is 0 Å². The van der Waals surface area contributed by atoms with Crippen LogP contribution in [-0.4, -0.2) is 30.6 Å². The molecule has 16 heavy (non-hydrogen) atoms. The highest BCUT2D eigenvalue weighted by Gasteiger charge is 2.30. The molecule has 0 spiro atoms. The first-order chi connectivity index (χ1) is 7.84. The predicted octanol–water partition coefficient (Wildman–Crippen LogP) is 1.54. The first-order valence-electron chi connectivity index (χ1n) is 6.06. The highest BCUT2D eigenvalue weighted by atomic mass is 16.5. The molecule has 86 valence electrons. The van der Waals surface area contributed by atoms with Crippen LogP contribution in [0.4, 0.5) is 0 Å². The molecule has 0 aliphatic carbocycles. The van der Waals surface area contributed by atoms with Crippen molar-refractivity contribution in [2.75, 3.05) is 19.7 Å². The molecule has 1 aromatic rings. The number of nitrogens with two attached hydrogens (primary N) is 1. The molecule has 0 radical (unpaired) electrons. The summed E-state index contributed by atoms with van der Waals surface area (Å²) in [5.74, 6) is 1.06. The van der Waals surface area contributed by atoms with Crippen LogP contribution in [0.2, 0.25) is 0 Å². The summed E-state index contributed by atoms with van der Waals surface area (Å²) < 4.78 is 5.72. The van der Waals surface area contributed by atoms with E-state index in [0.29, 0.717) is 12.1 Å². The van der Waals surface area contributed by atoms with Gasteiger partial charge in [-0.15, -0.1) is 0 Å². The highest BCUT2D eigenvalue weighted by Crippen LogP contribution is 2.36. The summed E-state index contributed by atoms with van der Waals surface area (Å²) in [7, 11) is 0. The second kappa shape index (κ2) is 4.07. The molecule has 2 aliphatic rings. The molecule has 1 fully saturated rings. The largest absolute Gasteiger partial charge is 0.491 e. The summed E-state index contributed by atoms with van der Waals surface area (Å²) in [6.07, 6.45) is 2.22. The van der Waals surface area contributed by atoms with Crippen LogP contribution in [0, 0.1) is 0 Å². The maximum absolute atomic E-state index is 5.93. The molecule has 1 aromatic carbocycles. The second-order valence-electron chi connectivity index (χ2n) is 4.74. The second-order valence-corrected chi connectivity index (χ2v) is 4.74. The monoisotopic (exact) mass is 218 g/mol. The van der Waals surface area contributed by atoms with Gasteiger partial charge in [0.2, 0.25) is 0 Å². The number of nitrogens with zero attached hydrogens (tertiary/aromatic N) is 1. The standard InChI is InChI=1S/C13H18N2O/c14-10-5-7-15(8-6-10)12-9-16-13-4-2-1-3-11(12)13/h1-4,10,12H,5-9,14H2. The van der Waals surface area contributed by atoms with Gasteiger partial charge in [0.1, 0.15) is 12.4 Å². The van der Waals surface area contributed by atoms with Gasteiger partial charge in [-0.05, 0) is 18.9 Å². The number of piperidine rings is 1. The van der Waals surface area contributed by atoms with E-state index >= 15 is 0 Å². The van der Waals surface area contributed by atoms with Crippen LogP contribution >= 0.6 is 0 Å². The molecule has 3 nitrogen and oxygen atoms in total. The Balaban J connectivity index is 1.77. The van der Waals surface area contributed by atoms with Crippen molar-refractivity contribution in [1.29, 1.82) is 0 Å². The normalized spacial score (nSPS) is 26.4. The minimum atomic E-state index is 0.397. The van der Waals surface area contributed by atoms with E-state index in [9.17, 15) is 0 Å². The van der Waals surface area contributed by atoms with E-state index in [1.807, 2.05) is 6.07 Å². The molecular weight excluding hydrogens is 200 g/mol. The van der Waals surface area contributed by atoms with Crippen LogP contribution in [-0.2, 0) is 0 Å². The van der Waals surface area contributed by atoms with Gasteiger partial charge in [-0.3, -0.25) is 4.90 Å². The lowest BCUT2D eigenvalue weighted by Gasteiger charge is -2.34. The minimum Gasteiger partial charge on any atom is -0.491 e. The summed E-state index contributed by atoms with van der Waals surface area (Å²) in [5, 5.41) is 0. The average molecular weight is 218 g/mol. The first-order valence-corrected chi connectivity index (χ1v) is 6.06. The number of hydrogen-bond donors (Lipinski definition) is 1. The Morgan fingerprint density at radius 3 is 2.75 bits per heavy atom. The fourth-order valence-electron chi connectivity index (χ4n) is 2.68. The molecule has 0 aromatic heterocycles. The van der Waals surface area contributed by atoms with Crippen LogP contribution in [0.25, 0.3) is 0 Å². The molecule has 0 bridgehead atoms. The van der Waals surface area contributed by atoms with Crippen LogP contribution in [0.15, 0.2) is 24.3 Å². The van der Waals surface area contributed by atoms with Crippen molar-refractivity contribution >= 4 is 0 Å². The summed E-state index contributed by atoms with van der Waals surface area (Å²) in [6.45, 7) is 3.00. The third-order valence-electron chi connectivity index (χ3n) is 3.69. The predicted molar refractivity (Wildman–Crippen MR) is 63.5 cm³/mol. The summed E-state index contributed by atoms with van der Waals surface area (Å²) in [4.78, 5) is 2.51. The smallest absolute Gasteiger partial charge is 0.124 e. The zero-order valence-corrected chi connectivity index (χ0v) is 9.43. The Bertz CT molecular complexity index is 372. The number of likely N-dealkylation sites (tertiary alicyclic amines) is 1. The van der Waals surface area contributed by atoms with Gasteiger partial charge in [-0.2, -0.15) is 0 Å². The fourth-order valence-corrected chi connectivity index (χ4v) is 2.68. The number of hydrogen-bond acceptors (Lipinski definition) is 3. The topological polar surface area (TPSA) is 38.5 Å². The SMILES string of the molecule is NC1CCN(C2COc3ccccc32)CC1. The van der Waals surface area contributed by atoms with Gasteiger partial charge in [-0.25, -0.2) is 0 Å². The van der Waals surface area contributed by atoms with Crippen LogP contribution in [0.1, 0.15) is 24.4 Å². The average Bonchev–Trinajstić information content (AvgIpc) is 2.74.